The lowest BCUT2D eigenvalue weighted by atomic mass is 10.3. The molecular weight excluding hydrogens is 279 g/mol. The normalized spacial score (nSPS) is 10.1. The van der Waals surface area contributed by atoms with E-state index in [1.54, 1.807) is 12.1 Å². The van der Waals surface area contributed by atoms with Crippen LogP contribution in [0.1, 0.15) is 0 Å². The average Bonchev–Trinajstić information content (AvgIpc) is 2.33. The van der Waals surface area contributed by atoms with Gasteiger partial charge in [0.05, 0.1) is 5.02 Å². The summed E-state index contributed by atoms with van der Waals surface area (Å²) in [6.07, 6.45) is 1.25. The van der Waals surface area contributed by atoms with E-state index in [-0.39, 0.29) is 5.82 Å². The molecule has 0 saturated heterocycles. The third-order valence-corrected chi connectivity index (χ3v) is 2.56. The number of ether oxygens (including phenoxy) is 1. The van der Waals surface area contributed by atoms with Crippen LogP contribution in [0.3, 0.4) is 0 Å². The van der Waals surface area contributed by atoms with Crippen molar-refractivity contribution in [1.82, 2.24) is 4.98 Å². The summed E-state index contributed by atoms with van der Waals surface area (Å²) in [5.74, 6) is 0.506. The van der Waals surface area contributed by atoms with Gasteiger partial charge in [0.1, 0.15) is 5.75 Å². The van der Waals surface area contributed by atoms with Crippen molar-refractivity contribution < 1.29 is 9.66 Å². The molecule has 0 amide bonds. The standard InChI is InChI=1S/C11H6Cl2N2O3/c12-7-1-3-10(9(13)5-7)18-8-2-4-11(14-6-8)15(16)17/h1-6H. The third-order valence-electron chi connectivity index (χ3n) is 2.03. The number of halogens is 2. The van der Waals surface area contributed by atoms with Crippen molar-refractivity contribution in [1.29, 1.82) is 0 Å². The number of nitrogens with zero attached hydrogens (tertiary/aromatic N) is 2. The molecule has 1 aromatic carbocycles. The number of hydrogen-bond acceptors (Lipinski definition) is 4. The first-order chi connectivity index (χ1) is 8.56. The highest BCUT2D eigenvalue weighted by Crippen LogP contribution is 2.31. The highest BCUT2D eigenvalue weighted by molar-refractivity contribution is 6.35. The highest BCUT2D eigenvalue weighted by atomic mass is 35.5. The van der Waals surface area contributed by atoms with E-state index in [2.05, 4.69) is 4.98 Å². The summed E-state index contributed by atoms with van der Waals surface area (Å²) in [5, 5.41) is 11.3. The smallest absolute Gasteiger partial charge is 0.363 e. The minimum absolute atomic E-state index is 0.246. The first kappa shape index (κ1) is 12.6. The molecule has 0 saturated carbocycles. The highest BCUT2D eigenvalue weighted by Gasteiger charge is 2.09. The van der Waals surface area contributed by atoms with Gasteiger partial charge in [0.15, 0.2) is 11.9 Å². The zero-order valence-corrected chi connectivity index (χ0v) is 10.4. The van der Waals surface area contributed by atoms with Crippen LogP contribution in [0.25, 0.3) is 0 Å². The van der Waals surface area contributed by atoms with Gasteiger partial charge in [-0.15, -0.1) is 0 Å². The number of nitro groups is 1. The van der Waals surface area contributed by atoms with E-state index in [0.717, 1.165) is 0 Å². The van der Waals surface area contributed by atoms with Gasteiger partial charge in [0.2, 0.25) is 0 Å². The Labute approximate surface area is 112 Å². The Morgan fingerprint density at radius 3 is 2.56 bits per heavy atom. The largest absolute Gasteiger partial charge is 0.452 e. The lowest BCUT2D eigenvalue weighted by molar-refractivity contribution is -0.389. The van der Waals surface area contributed by atoms with Gasteiger partial charge in [-0.2, -0.15) is 0 Å². The van der Waals surface area contributed by atoms with Gasteiger partial charge in [-0.25, -0.2) is 0 Å². The Hall–Kier alpha value is -1.85. The van der Waals surface area contributed by atoms with Crippen molar-refractivity contribution in [2.75, 3.05) is 0 Å². The Kier molecular flexibility index (Phi) is 3.64. The van der Waals surface area contributed by atoms with Crippen molar-refractivity contribution in [2.24, 2.45) is 0 Å². The number of pyridine rings is 1. The molecule has 0 fully saturated rings. The predicted octanol–water partition coefficient (Wildman–Crippen LogP) is 4.09. The Balaban J connectivity index is 2.21. The lowest BCUT2D eigenvalue weighted by Gasteiger charge is -2.05. The number of benzene rings is 1. The molecule has 2 rings (SSSR count). The summed E-state index contributed by atoms with van der Waals surface area (Å²) in [7, 11) is 0. The van der Waals surface area contributed by atoms with Crippen LogP contribution in [0.15, 0.2) is 36.5 Å². The first-order valence-corrected chi connectivity index (χ1v) is 5.55. The van der Waals surface area contributed by atoms with Crippen LogP contribution in [0.5, 0.6) is 11.5 Å². The average molecular weight is 285 g/mol. The van der Waals surface area contributed by atoms with Gasteiger partial charge < -0.3 is 14.9 Å². The number of aromatic nitrogens is 1. The van der Waals surface area contributed by atoms with Crippen LogP contribution in [0.4, 0.5) is 5.82 Å². The molecule has 0 N–H and O–H groups in total. The second kappa shape index (κ2) is 5.20. The van der Waals surface area contributed by atoms with E-state index in [4.69, 9.17) is 27.9 Å². The first-order valence-electron chi connectivity index (χ1n) is 4.79. The number of rotatable bonds is 3. The van der Waals surface area contributed by atoms with Crippen molar-refractivity contribution in [3.63, 3.8) is 0 Å². The monoisotopic (exact) mass is 284 g/mol. The van der Waals surface area contributed by atoms with Gasteiger partial charge in [-0.3, -0.25) is 0 Å². The van der Waals surface area contributed by atoms with Gasteiger partial charge in [0, 0.05) is 11.1 Å². The van der Waals surface area contributed by atoms with Crippen molar-refractivity contribution in [3.8, 4) is 11.5 Å². The molecule has 7 heteroatoms. The summed E-state index contributed by atoms with van der Waals surface area (Å²) in [4.78, 5) is 13.5. The fourth-order valence-corrected chi connectivity index (χ4v) is 1.67. The maximum atomic E-state index is 10.4. The van der Waals surface area contributed by atoms with E-state index in [9.17, 15) is 10.1 Å². The SMILES string of the molecule is O=[N+]([O-])c1ccc(Oc2ccc(Cl)cc2Cl)cn1. The van der Waals surface area contributed by atoms with Crippen LogP contribution < -0.4 is 4.74 Å². The molecule has 0 aliphatic rings. The maximum absolute atomic E-state index is 10.4. The van der Waals surface area contributed by atoms with Gasteiger partial charge >= 0.3 is 5.82 Å². The van der Waals surface area contributed by atoms with Gasteiger partial charge in [0.25, 0.3) is 0 Å². The van der Waals surface area contributed by atoms with E-state index in [0.29, 0.717) is 21.5 Å². The van der Waals surface area contributed by atoms with Crippen LogP contribution in [-0.4, -0.2) is 9.91 Å². The molecule has 18 heavy (non-hydrogen) atoms. The zero-order chi connectivity index (χ0) is 13.1. The van der Waals surface area contributed by atoms with E-state index < -0.39 is 4.92 Å². The number of hydrogen-bond donors (Lipinski definition) is 0. The minimum atomic E-state index is -0.584. The van der Waals surface area contributed by atoms with Gasteiger partial charge in [-0.05, 0) is 34.2 Å². The van der Waals surface area contributed by atoms with E-state index >= 15 is 0 Å². The molecule has 92 valence electrons. The molecule has 2 aromatic rings. The molecule has 1 heterocycles. The second-order valence-corrected chi connectivity index (χ2v) is 4.13. The summed E-state index contributed by atoms with van der Waals surface area (Å²) in [6.45, 7) is 0. The van der Waals surface area contributed by atoms with Crippen LogP contribution >= 0.6 is 23.2 Å². The Morgan fingerprint density at radius 1 is 1.22 bits per heavy atom. The molecular formula is C11H6Cl2N2O3. The van der Waals surface area contributed by atoms with Crippen LogP contribution in [0.2, 0.25) is 10.0 Å². The Morgan fingerprint density at radius 2 is 2.00 bits per heavy atom. The van der Waals surface area contributed by atoms with Crippen molar-refractivity contribution >= 4 is 29.0 Å². The fourth-order valence-electron chi connectivity index (χ4n) is 1.23. The van der Waals surface area contributed by atoms with Crippen LogP contribution in [-0.2, 0) is 0 Å². The van der Waals surface area contributed by atoms with Gasteiger partial charge in [-0.1, -0.05) is 23.2 Å². The molecule has 1 aromatic heterocycles. The topological polar surface area (TPSA) is 65.3 Å². The third kappa shape index (κ3) is 2.88. The molecule has 0 atom stereocenters. The van der Waals surface area contributed by atoms with E-state index in [1.807, 2.05) is 0 Å². The summed E-state index contributed by atoms with van der Waals surface area (Å²) < 4.78 is 5.42. The molecule has 0 aliphatic heterocycles. The second-order valence-electron chi connectivity index (χ2n) is 3.29. The van der Waals surface area contributed by atoms with Crippen LogP contribution in [0, 0.1) is 10.1 Å². The van der Waals surface area contributed by atoms with E-state index in [1.165, 1.54) is 24.4 Å². The zero-order valence-electron chi connectivity index (χ0n) is 8.84. The lowest BCUT2D eigenvalue weighted by Crippen LogP contribution is -1.92. The van der Waals surface area contributed by atoms with Crippen molar-refractivity contribution in [3.05, 3.63) is 56.7 Å². The molecule has 0 unspecified atom stereocenters. The predicted molar refractivity (Wildman–Crippen MR) is 67.4 cm³/mol. The minimum Gasteiger partial charge on any atom is -0.452 e. The van der Waals surface area contributed by atoms with Crippen molar-refractivity contribution in [2.45, 2.75) is 0 Å². The maximum Gasteiger partial charge on any atom is 0.363 e. The molecule has 0 bridgehead atoms. The fraction of sp³-hybridized carbons (Fsp3) is 0. The molecule has 5 nitrogen and oxygen atoms in total. The quantitative estimate of drug-likeness (QED) is 0.629. The summed E-state index contributed by atoms with van der Waals surface area (Å²) in [6, 6.07) is 7.46. The Bertz CT molecular complexity index is 587. The molecule has 0 aliphatic carbocycles. The summed E-state index contributed by atoms with van der Waals surface area (Å²) >= 11 is 11.7. The summed E-state index contributed by atoms with van der Waals surface area (Å²) in [5.41, 5.74) is 0. The molecule has 0 spiro atoms. The molecule has 0 radical (unpaired) electrons.